The van der Waals surface area contributed by atoms with Gasteiger partial charge >= 0.3 is 0 Å². The average molecular weight is 432 g/mol. The molecule has 28 heavy (non-hydrogen) atoms. The molecule has 0 atom stereocenters. The fraction of sp³-hybridized carbons (Fsp3) is 0.105. The Bertz CT molecular complexity index is 1170. The number of nitrogens with zero attached hydrogens (tertiary/aromatic N) is 2. The summed E-state index contributed by atoms with van der Waals surface area (Å²) in [5, 5.41) is 5.64. The molecule has 0 aliphatic heterocycles. The lowest BCUT2D eigenvalue weighted by molar-refractivity contribution is -0.118. The molecular weight excluding hydrogens is 418 g/mol. The van der Waals surface area contributed by atoms with Crippen molar-refractivity contribution in [1.82, 2.24) is 14.9 Å². The van der Waals surface area contributed by atoms with E-state index in [2.05, 4.69) is 10.3 Å². The number of nitrogens with one attached hydrogen (secondary N) is 1. The van der Waals surface area contributed by atoms with Crippen molar-refractivity contribution in [2.45, 2.75) is 11.7 Å². The number of carbonyl (C=O) groups is 1. The maximum absolute atomic E-state index is 13.0. The number of aromatic nitrogens is 2. The van der Waals surface area contributed by atoms with Crippen LogP contribution in [0.1, 0.15) is 5.76 Å². The number of fused-ring (bicyclic) bond motifs is 1. The van der Waals surface area contributed by atoms with Gasteiger partial charge in [-0.15, -0.1) is 11.3 Å². The second kappa shape index (κ2) is 8.22. The molecular formula is C19H14ClN3O3S2. The van der Waals surface area contributed by atoms with Crippen molar-refractivity contribution in [3.05, 3.63) is 75.2 Å². The van der Waals surface area contributed by atoms with E-state index in [1.54, 1.807) is 48.7 Å². The van der Waals surface area contributed by atoms with Crippen molar-refractivity contribution >= 4 is 50.8 Å². The number of hydrogen-bond donors (Lipinski definition) is 1. The molecule has 0 fully saturated rings. The Morgan fingerprint density at radius 1 is 1.25 bits per heavy atom. The molecule has 0 bridgehead atoms. The van der Waals surface area contributed by atoms with E-state index >= 15 is 0 Å². The van der Waals surface area contributed by atoms with E-state index in [1.807, 2.05) is 5.38 Å². The third-order valence-corrected chi connectivity index (χ3v) is 5.99. The first-order valence-electron chi connectivity index (χ1n) is 8.30. The number of thiophene rings is 1. The summed E-state index contributed by atoms with van der Waals surface area (Å²) in [6, 6.07) is 12.3. The van der Waals surface area contributed by atoms with E-state index in [0.717, 1.165) is 0 Å². The minimum atomic E-state index is -0.177. The topological polar surface area (TPSA) is 77.1 Å². The number of hydrogen-bond acceptors (Lipinski definition) is 6. The number of thioether (sulfide) groups is 1. The van der Waals surface area contributed by atoms with Crippen molar-refractivity contribution in [3.63, 3.8) is 0 Å². The number of carbonyl (C=O) groups excluding carboxylic acids is 1. The first-order valence-corrected chi connectivity index (χ1v) is 10.5. The normalized spacial score (nSPS) is 11.0. The fourth-order valence-corrected chi connectivity index (χ4v) is 4.31. The van der Waals surface area contributed by atoms with E-state index in [1.165, 1.54) is 27.7 Å². The van der Waals surface area contributed by atoms with Gasteiger partial charge in [0.1, 0.15) is 10.5 Å². The van der Waals surface area contributed by atoms with Gasteiger partial charge in [-0.3, -0.25) is 14.2 Å². The Labute approximate surface area is 173 Å². The van der Waals surface area contributed by atoms with Crippen LogP contribution >= 0.6 is 34.7 Å². The predicted molar refractivity (Wildman–Crippen MR) is 112 cm³/mol. The molecule has 0 spiro atoms. The second-order valence-electron chi connectivity index (χ2n) is 5.79. The third kappa shape index (κ3) is 3.99. The van der Waals surface area contributed by atoms with Crippen LogP contribution in [-0.2, 0) is 11.3 Å². The van der Waals surface area contributed by atoms with Gasteiger partial charge in [0, 0.05) is 5.02 Å². The largest absolute Gasteiger partial charge is 0.467 e. The summed E-state index contributed by atoms with van der Waals surface area (Å²) >= 11 is 8.52. The molecule has 1 N–H and O–H groups in total. The highest BCUT2D eigenvalue weighted by Gasteiger charge is 2.15. The molecule has 0 saturated heterocycles. The summed E-state index contributed by atoms with van der Waals surface area (Å²) in [5.41, 5.74) is 1.11. The molecule has 0 unspecified atom stereocenters. The molecule has 0 aliphatic rings. The molecule has 0 saturated carbocycles. The highest BCUT2D eigenvalue weighted by Crippen LogP contribution is 2.24. The average Bonchev–Trinajstić information content (AvgIpc) is 3.37. The van der Waals surface area contributed by atoms with Crippen LogP contribution in [0.25, 0.3) is 15.9 Å². The van der Waals surface area contributed by atoms with Crippen LogP contribution in [0.3, 0.4) is 0 Å². The molecule has 4 aromatic rings. The molecule has 3 heterocycles. The molecule has 6 nitrogen and oxygen atoms in total. The van der Waals surface area contributed by atoms with Gasteiger partial charge in [-0.05, 0) is 47.8 Å². The van der Waals surface area contributed by atoms with Crippen LogP contribution in [0.2, 0.25) is 5.02 Å². The molecule has 142 valence electrons. The Kier molecular flexibility index (Phi) is 5.52. The summed E-state index contributed by atoms with van der Waals surface area (Å²) in [5.74, 6) is 0.620. The standard InChI is InChI=1S/C19H14ClN3O3S2/c20-12-3-5-13(6-4-12)23-18(25)17-15(7-9-27-17)22-19(23)28-11-16(24)21-10-14-2-1-8-26-14/h1-9H,10-11H2,(H,21,24). The zero-order valence-corrected chi connectivity index (χ0v) is 16.8. The Morgan fingerprint density at radius 3 is 2.82 bits per heavy atom. The van der Waals surface area contributed by atoms with Crippen molar-refractivity contribution in [3.8, 4) is 5.69 Å². The lowest BCUT2D eigenvalue weighted by atomic mass is 10.3. The minimum absolute atomic E-state index is 0.121. The van der Waals surface area contributed by atoms with Crippen molar-refractivity contribution in [2.75, 3.05) is 5.75 Å². The van der Waals surface area contributed by atoms with E-state index in [0.29, 0.717) is 38.4 Å². The fourth-order valence-electron chi connectivity index (χ4n) is 2.59. The van der Waals surface area contributed by atoms with Gasteiger partial charge < -0.3 is 9.73 Å². The SMILES string of the molecule is O=C(CSc1nc2ccsc2c(=O)n1-c1ccc(Cl)cc1)NCc1ccco1. The lowest BCUT2D eigenvalue weighted by Gasteiger charge is -2.12. The summed E-state index contributed by atoms with van der Waals surface area (Å²) in [4.78, 5) is 29.8. The van der Waals surface area contributed by atoms with E-state index in [-0.39, 0.29) is 17.2 Å². The van der Waals surface area contributed by atoms with E-state index in [9.17, 15) is 9.59 Å². The Hall–Kier alpha value is -2.55. The van der Waals surface area contributed by atoms with Gasteiger partial charge in [0.2, 0.25) is 5.91 Å². The molecule has 9 heteroatoms. The molecule has 4 rings (SSSR count). The smallest absolute Gasteiger partial charge is 0.276 e. The van der Waals surface area contributed by atoms with Crippen molar-refractivity contribution < 1.29 is 9.21 Å². The van der Waals surface area contributed by atoms with Gasteiger partial charge in [0.25, 0.3) is 5.56 Å². The van der Waals surface area contributed by atoms with Crippen LogP contribution in [0, 0.1) is 0 Å². The lowest BCUT2D eigenvalue weighted by Crippen LogP contribution is -2.26. The first kappa shape index (κ1) is 18.8. The summed E-state index contributed by atoms with van der Waals surface area (Å²) in [6.45, 7) is 0.313. The highest BCUT2D eigenvalue weighted by molar-refractivity contribution is 7.99. The van der Waals surface area contributed by atoms with Gasteiger partial charge in [-0.25, -0.2) is 4.98 Å². The Balaban J connectivity index is 1.60. The monoisotopic (exact) mass is 431 g/mol. The van der Waals surface area contributed by atoms with Crippen molar-refractivity contribution in [2.24, 2.45) is 0 Å². The van der Waals surface area contributed by atoms with Gasteiger partial charge in [0.05, 0.1) is 29.8 Å². The second-order valence-corrected chi connectivity index (χ2v) is 8.09. The van der Waals surface area contributed by atoms with Gasteiger partial charge in [0.15, 0.2) is 5.16 Å². The van der Waals surface area contributed by atoms with Crippen molar-refractivity contribution in [1.29, 1.82) is 0 Å². The number of halogens is 1. The van der Waals surface area contributed by atoms with Crippen LogP contribution in [0.5, 0.6) is 0 Å². The van der Waals surface area contributed by atoms with Crippen LogP contribution in [-0.4, -0.2) is 21.2 Å². The maximum Gasteiger partial charge on any atom is 0.276 e. The number of benzene rings is 1. The molecule has 3 aromatic heterocycles. The molecule has 1 amide bonds. The summed E-state index contributed by atoms with van der Waals surface area (Å²) in [6.07, 6.45) is 1.56. The third-order valence-electron chi connectivity index (χ3n) is 3.91. The minimum Gasteiger partial charge on any atom is -0.467 e. The molecule has 1 aromatic carbocycles. The van der Waals surface area contributed by atoms with E-state index in [4.69, 9.17) is 16.0 Å². The quantitative estimate of drug-likeness (QED) is 0.367. The van der Waals surface area contributed by atoms with Crippen LogP contribution < -0.4 is 10.9 Å². The summed E-state index contributed by atoms with van der Waals surface area (Å²) in [7, 11) is 0. The maximum atomic E-state index is 13.0. The number of rotatable bonds is 6. The van der Waals surface area contributed by atoms with E-state index < -0.39 is 0 Å². The molecule has 0 aliphatic carbocycles. The predicted octanol–water partition coefficient (Wildman–Crippen LogP) is 4.10. The number of furan rings is 1. The van der Waals surface area contributed by atoms with Gasteiger partial charge in [-0.1, -0.05) is 23.4 Å². The first-order chi connectivity index (χ1) is 13.6. The van der Waals surface area contributed by atoms with Crippen LogP contribution in [0.4, 0.5) is 0 Å². The highest BCUT2D eigenvalue weighted by atomic mass is 35.5. The zero-order chi connectivity index (χ0) is 19.5. The summed E-state index contributed by atoms with van der Waals surface area (Å²) < 4.78 is 7.28. The zero-order valence-electron chi connectivity index (χ0n) is 14.4. The number of amides is 1. The van der Waals surface area contributed by atoms with Gasteiger partial charge in [-0.2, -0.15) is 0 Å². The Morgan fingerprint density at radius 2 is 2.07 bits per heavy atom. The molecule has 0 radical (unpaired) electrons. The van der Waals surface area contributed by atoms with Crippen LogP contribution in [0.15, 0.2) is 68.5 Å².